The van der Waals surface area contributed by atoms with Crippen molar-refractivity contribution in [1.82, 2.24) is 0 Å². The number of hydrogen-bond donors (Lipinski definition) is 1. The molecule has 0 unspecified atom stereocenters. The number of ether oxygens (including phenoxy) is 2. The molecular formula is C14H12ClNO4. The molecule has 0 radical (unpaired) electrons. The maximum absolute atomic E-state index is 12.1. The first kappa shape index (κ1) is 12.9. The van der Waals surface area contributed by atoms with Crippen LogP contribution in [-0.4, -0.2) is 12.7 Å². The van der Waals surface area contributed by atoms with Gasteiger partial charge in [0, 0.05) is 17.3 Å². The maximum Gasteiger partial charge on any atom is 0.291 e. The Morgan fingerprint density at radius 2 is 2.10 bits per heavy atom. The third-order valence-electron chi connectivity index (χ3n) is 3.02. The van der Waals surface area contributed by atoms with Crippen molar-refractivity contribution in [3.63, 3.8) is 0 Å². The van der Waals surface area contributed by atoms with Crippen molar-refractivity contribution in [2.24, 2.45) is 0 Å². The molecule has 0 fully saturated rings. The molecule has 0 saturated heterocycles. The van der Waals surface area contributed by atoms with Crippen molar-refractivity contribution in [3.05, 3.63) is 41.3 Å². The highest BCUT2D eigenvalue weighted by atomic mass is 35.5. The molecule has 0 saturated carbocycles. The number of fused-ring (bicyclic) bond motifs is 1. The van der Waals surface area contributed by atoms with Crippen LogP contribution in [0.2, 0.25) is 0 Å². The van der Waals surface area contributed by atoms with Crippen LogP contribution in [0.25, 0.3) is 0 Å². The van der Waals surface area contributed by atoms with E-state index < -0.39 is 0 Å². The molecule has 1 aliphatic heterocycles. The van der Waals surface area contributed by atoms with Crippen molar-refractivity contribution >= 4 is 23.2 Å². The monoisotopic (exact) mass is 293 g/mol. The summed E-state index contributed by atoms with van der Waals surface area (Å²) in [6.07, 6.45) is 0. The molecule has 6 heteroatoms. The number of anilines is 1. The van der Waals surface area contributed by atoms with Gasteiger partial charge in [-0.1, -0.05) is 0 Å². The van der Waals surface area contributed by atoms with Gasteiger partial charge in [0.15, 0.2) is 17.3 Å². The fraction of sp³-hybridized carbons (Fsp3) is 0.214. The summed E-state index contributed by atoms with van der Waals surface area (Å²) in [5.74, 6) is 2.14. The van der Waals surface area contributed by atoms with E-state index in [1.165, 1.54) is 0 Å². The van der Waals surface area contributed by atoms with Crippen molar-refractivity contribution < 1.29 is 18.7 Å². The van der Waals surface area contributed by atoms with Gasteiger partial charge in [-0.3, -0.25) is 4.79 Å². The van der Waals surface area contributed by atoms with Gasteiger partial charge in [0.25, 0.3) is 5.91 Å². The predicted molar refractivity (Wildman–Crippen MR) is 73.5 cm³/mol. The van der Waals surface area contributed by atoms with Crippen LogP contribution in [0.15, 0.2) is 28.7 Å². The van der Waals surface area contributed by atoms with Crippen LogP contribution in [0.4, 0.5) is 5.69 Å². The lowest BCUT2D eigenvalue weighted by molar-refractivity contribution is 0.0995. The molecule has 5 nitrogen and oxygen atoms in total. The van der Waals surface area contributed by atoms with Crippen molar-refractivity contribution in [2.75, 3.05) is 12.1 Å². The Balaban J connectivity index is 1.78. The van der Waals surface area contributed by atoms with Gasteiger partial charge >= 0.3 is 0 Å². The highest BCUT2D eigenvalue weighted by Gasteiger charge is 2.17. The molecule has 0 aliphatic carbocycles. The van der Waals surface area contributed by atoms with Gasteiger partial charge in [0.1, 0.15) is 5.76 Å². The van der Waals surface area contributed by atoms with Gasteiger partial charge in [-0.2, -0.15) is 0 Å². The molecule has 1 aromatic heterocycles. The molecule has 3 rings (SSSR count). The predicted octanol–water partition coefficient (Wildman–Crippen LogP) is 3.31. The van der Waals surface area contributed by atoms with Crippen LogP contribution in [0.5, 0.6) is 11.5 Å². The summed E-state index contributed by atoms with van der Waals surface area (Å²) >= 11 is 5.75. The number of nitrogens with one attached hydrogen (secondary N) is 1. The fourth-order valence-electron chi connectivity index (χ4n) is 1.93. The summed E-state index contributed by atoms with van der Waals surface area (Å²) in [5.41, 5.74) is 1.42. The van der Waals surface area contributed by atoms with Crippen molar-refractivity contribution in [3.8, 4) is 11.5 Å². The Labute approximate surface area is 120 Å². The number of carbonyl (C=O) groups excluding carboxylic acids is 1. The highest BCUT2D eigenvalue weighted by molar-refractivity contribution is 6.17. The molecule has 1 N–H and O–H groups in total. The molecule has 0 spiro atoms. The normalized spacial score (nSPS) is 12.5. The number of amides is 1. The number of aryl methyl sites for hydroxylation is 1. The molecule has 2 heterocycles. The minimum atomic E-state index is -0.330. The zero-order chi connectivity index (χ0) is 14.1. The van der Waals surface area contributed by atoms with E-state index >= 15 is 0 Å². The summed E-state index contributed by atoms with van der Waals surface area (Å²) in [4.78, 5) is 12.1. The molecule has 104 valence electrons. The lowest BCUT2D eigenvalue weighted by Gasteiger charge is -2.04. The van der Waals surface area contributed by atoms with E-state index in [1.54, 1.807) is 31.2 Å². The summed E-state index contributed by atoms with van der Waals surface area (Å²) < 4.78 is 15.8. The highest BCUT2D eigenvalue weighted by Crippen LogP contribution is 2.34. The first-order valence-electron chi connectivity index (χ1n) is 6.03. The van der Waals surface area contributed by atoms with Crippen LogP contribution in [0.3, 0.4) is 0 Å². The van der Waals surface area contributed by atoms with E-state index in [-0.39, 0.29) is 18.5 Å². The number of benzene rings is 1. The third-order valence-corrected chi connectivity index (χ3v) is 3.31. The van der Waals surface area contributed by atoms with Crippen LogP contribution >= 0.6 is 11.6 Å². The topological polar surface area (TPSA) is 60.7 Å². The van der Waals surface area contributed by atoms with Gasteiger partial charge in [-0.15, -0.1) is 11.6 Å². The second-order valence-corrected chi connectivity index (χ2v) is 4.62. The molecule has 1 amide bonds. The average molecular weight is 294 g/mol. The van der Waals surface area contributed by atoms with Crippen LogP contribution < -0.4 is 14.8 Å². The van der Waals surface area contributed by atoms with E-state index in [1.807, 2.05) is 0 Å². The Hall–Kier alpha value is -2.14. The van der Waals surface area contributed by atoms with Gasteiger partial charge < -0.3 is 19.2 Å². The third kappa shape index (κ3) is 2.32. The Morgan fingerprint density at radius 3 is 2.85 bits per heavy atom. The van der Waals surface area contributed by atoms with E-state index in [0.717, 1.165) is 5.56 Å². The smallest absolute Gasteiger partial charge is 0.291 e. The van der Waals surface area contributed by atoms with Crippen LogP contribution in [0, 0.1) is 6.92 Å². The molecule has 0 atom stereocenters. The minimum absolute atomic E-state index is 0.198. The quantitative estimate of drug-likeness (QED) is 0.882. The maximum atomic E-state index is 12.1. The Bertz CT molecular complexity index is 665. The Morgan fingerprint density at radius 1 is 1.30 bits per heavy atom. The zero-order valence-electron chi connectivity index (χ0n) is 10.7. The Kier molecular flexibility index (Phi) is 3.28. The first-order chi connectivity index (χ1) is 9.67. The fourth-order valence-corrected chi connectivity index (χ4v) is 2.20. The number of furan rings is 1. The number of rotatable bonds is 3. The summed E-state index contributed by atoms with van der Waals surface area (Å²) in [6, 6.07) is 6.84. The molecular weight excluding hydrogens is 282 g/mol. The van der Waals surface area contributed by atoms with Gasteiger partial charge in [0.2, 0.25) is 6.79 Å². The average Bonchev–Trinajstić information content (AvgIpc) is 3.04. The number of carbonyl (C=O) groups is 1. The van der Waals surface area contributed by atoms with Gasteiger partial charge in [-0.05, 0) is 25.1 Å². The van der Waals surface area contributed by atoms with E-state index in [4.69, 9.17) is 25.5 Å². The second-order valence-electron chi connectivity index (χ2n) is 4.35. The molecule has 1 aromatic carbocycles. The van der Waals surface area contributed by atoms with E-state index in [2.05, 4.69) is 5.32 Å². The number of hydrogen-bond acceptors (Lipinski definition) is 4. The molecule has 1 aliphatic rings. The largest absolute Gasteiger partial charge is 0.456 e. The van der Waals surface area contributed by atoms with E-state index in [0.29, 0.717) is 28.8 Å². The number of halogens is 1. The minimum Gasteiger partial charge on any atom is -0.456 e. The van der Waals surface area contributed by atoms with E-state index in [9.17, 15) is 4.79 Å². The SMILES string of the molecule is Cc1oc(C(=O)Nc2ccc3c(c2)OCO3)cc1CCl. The second kappa shape index (κ2) is 5.09. The molecule has 0 bridgehead atoms. The van der Waals surface area contributed by atoms with Crippen LogP contribution in [-0.2, 0) is 5.88 Å². The molecule has 20 heavy (non-hydrogen) atoms. The number of alkyl halides is 1. The zero-order valence-corrected chi connectivity index (χ0v) is 11.5. The van der Waals surface area contributed by atoms with Crippen molar-refractivity contribution in [2.45, 2.75) is 12.8 Å². The lowest BCUT2D eigenvalue weighted by atomic mass is 10.2. The molecule has 2 aromatic rings. The summed E-state index contributed by atoms with van der Waals surface area (Å²) in [5, 5.41) is 2.74. The van der Waals surface area contributed by atoms with Gasteiger partial charge in [-0.25, -0.2) is 0 Å². The standard InChI is InChI=1S/C14H12ClNO4/c1-8-9(6-15)4-13(20-8)14(17)16-10-2-3-11-12(5-10)19-7-18-11/h2-5H,6-7H2,1H3,(H,16,17). The first-order valence-corrected chi connectivity index (χ1v) is 6.57. The summed E-state index contributed by atoms with van der Waals surface area (Å²) in [6.45, 7) is 1.97. The van der Waals surface area contributed by atoms with Crippen LogP contribution in [0.1, 0.15) is 21.9 Å². The lowest BCUT2D eigenvalue weighted by Crippen LogP contribution is -2.10. The van der Waals surface area contributed by atoms with Crippen molar-refractivity contribution in [1.29, 1.82) is 0 Å². The summed E-state index contributed by atoms with van der Waals surface area (Å²) in [7, 11) is 0. The van der Waals surface area contributed by atoms with Gasteiger partial charge in [0.05, 0.1) is 5.88 Å².